The first kappa shape index (κ1) is 18.8. The monoisotopic (exact) mass is 386 g/mol. The molecule has 1 saturated carbocycles. The van der Waals surface area contributed by atoms with Gasteiger partial charge < -0.3 is 10.0 Å². The number of hydrogen-bond acceptors (Lipinski definition) is 3. The van der Waals surface area contributed by atoms with Crippen molar-refractivity contribution < 1.29 is 18.7 Å². The summed E-state index contributed by atoms with van der Waals surface area (Å²) in [5.41, 5.74) is 0.694. The second-order valence-corrected chi connectivity index (χ2v) is 8.14. The van der Waals surface area contributed by atoms with Crippen molar-refractivity contribution in [2.45, 2.75) is 44.4 Å². The van der Waals surface area contributed by atoms with Crippen LogP contribution in [0.2, 0.25) is 0 Å². The molecule has 2 fully saturated rings. The lowest BCUT2D eigenvalue weighted by Gasteiger charge is -2.33. The molecule has 2 atom stereocenters. The van der Waals surface area contributed by atoms with Gasteiger partial charge in [0.2, 0.25) is 0 Å². The third kappa shape index (κ3) is 2.77. The number of alkyl halides is 2. The Bertz CT molecular complexity index is 892. The predicted molar refractivity (Wildman–Crippen MR) is 103 cm³/mol. The quantitative estimate of drug-likeness (QED) is 0.835. The van der Waals surface area contributed by atoms with Gasteiger partial charge in [-0.1, -0.05) is 30.3 Å². The van der Waals surface area contributed by atoms with Crippen LogP contribution in [0.3, 0.4) is 0 Å². The highest BCUT2D eigenvalue weighted by Crippen LogP contribution is 2.71. The average Bonchev–Trinajstić information content (AvgIpc) is 3.16. The van der Waals surface area contributed by atoms with Crippen LogP contribution >= 0.6 is 0 Å². The van der Waals surface area contributed by atoms with Crippen LogP contribution < -0.4 is 4.90 Å². The molecule has 1 aliphatic heterocycles. The van der Waals surface area contributed by atoms with Gasteiger partial charge >= 0.3 is 5.97 Å². The highest BCUT2D eigenvalue weighted by atomic mass is 19.3. The molecule has 1 N–H and O–H groups in total. The Morgan fingerprint density at radius 2 is 1.75 bits per heavy atom. The summed E-state index contributed by atoms with van der Waals surface area (Å²) in [5.74, 6) is -4.49. The van der Waals surface area contributed by atoms with Crippen LogP contribution in [0.5, 0.6) is 0 Å². The predicted octanol–water partition coefficient (Wildman–Crippen LogP) is 4.60. The molecule has 0 bridgehead atoms. The maximum atomic E-state index is 14.1. The number of nitrogens with zero attached hydrogens (tertiary/aromatic N) is 2. The highest BCUT2D eigenvalue weighted by molar-refractivity contribution is 5.83. The van der Waals surface area contributed by atoms with E-state index in [-0.39, 0.29) is 0 Å². The Labute approximate surface area is 163 Å². The van der Waals surface area contributed by atoms with E-state index in [1.807, 2.05) is 24.4 Å². The molecule has 2 heterocycles. The van der Waals surface area contributed by atoms with E-state index in [2.05, 4.69) is 22.9 Å². The number of anilines is 1. The number of aromatic nitrogens is 1. The van der Waals surface area contributed by atoms with Gasteiger partial charge in [-0.25, -0.2) is 13.8 Å². The second kappa shape index (κ2) is 6.54. The van der Waals surface area contributed by atoms with Gasteiger partial charge in [0, 0.05) is 19.3 Å². The second-order valence-electron chi connectivity index (χ2n) is 8.14. The molecule has 148 valence electrons. The van der Waals surface area contributed by atoms with Gasteiger partial charge in [-0.15, -0.1) is 0 Å². The summed E-state index contributed by atoms with van der Waals surface area (Å²) in [6, 6.07) is 11.1. The van der Waals surface area contributed by atoms with Crippen molar-refractivity contribution in [2.75, 3.05) is 18.0 Å². The van der Waals surface area contributed by atoms with Crippen molar-refractivity contribution in [3.8, 4) is 0 Å². The minimum absolute atomic E-state index is 0.375. The van der Waals surface area contributed by atoms with Crippen molar-refractivity contribution in [2.24, 2.45) is 5.41 Å². The number of carbonyl (C=O) groups is 1. The number of hydrogen-bond donors (Lipinski definition) is 1. The lowest BCUT2D eigenvalue weighted by Crippen LogP contribution is -2.33. The molecule has 1 saturated heterocycles. The summed E-state index contributed by atoms with van der Waals surface area (Å²) in [6.07, 6.45) is 3.76. The van der Waals surface area contributed by atoms with E-state index in [4.69, 9.17) is 0 Å². The maximum Gasteiger partial charge on any atom is 0.316 e. The van der Waals surface area contributed by atoms with Crippen molar-refractivity contribution in [3.63, 3.8) is 0 Å². The molecule has 0 radical (unpaired) electrons. The molecule has 2 aliphatic rings. The van der Waals surface area contributed by atoms with Gasteiger partial charge in [-0.05, 0) is 55.4 Å². The van der Waals surface area contributed by atoms with Gasteiger partial charge in [0.1, 0.15) is 11.2 Å². The van der Waals surface area contributed by atoms with Gasteiger partial charge in [0.25, 0.3) is 5.92 Å². The zero-order chi connectivity index (χ0) is 20.1. The fourth-order valence-corrected chi connectivity index (χ4v) is 4.53. The van der Waals surface area contributed by atoms with Crippen LogP contribution in [0.1, 0.15) is 48.3 Å². The Morgan fingerprint density at radius 3 is 2.29 bits per heavy atom. The fourth-order valence-electron chi connectivity index (χ4n) is 4.53. The molecule has 1 aliphatic carbocycles. The first-order chi connectivity index (χ1) is 13.3. The number of carboxylic acids is 1. The molecule has 4 rings (SSSR count). The van der Waals surface area contributed by atoms with Crippen LogP contribution in [-0.2, 0) is 4.79 Å². The molecule has 4 nitrogen and oxygen atoms in total. The summed E-state index contributed by atoms with van der Waals surface area (Å²) in [6.45, 7) is 5.00. The van der Waals surface area contributed by atoms with E-state index in [0.717, 1.165) is 49.8 Å². The van der Waals surface area contributed by atoms with E-state index >= 15 is 0 Å². The first-order valence-electron chi connectivity index (χ1n) is 9.64. The van der Waals surface area contributed by atoms with E-state index in [9.17, 15) is 18.7 Å². The minimum atomic E-state index is -3.20. The fraction of sp³-hybridized carbons (Fsp3) is 0.455. The summed E-state index contributed by atoms with van der Waals surface area (Å²) in [5, 5.41) is 9.19. The molecule has 2 unspecified atom stereocenters. The SMILES string of the molecule is Cc1cccnc1N1CCC(c2ccc(C3C(F)(F)C3(C)C(=O)O)cc2)CC1. The largest absolute Gasteiger partial charge is 0.481 e. The number of carboxylic acid groups (broad SMARTS) is 1. The number of benzene rings is 1. The zero-order valence-electron chi connectivity index (χ0n) is 16.0. The van der Waals surface area contributed by atoms with Gasteiger partial charge in [0.15, 0.2) is 0 Å². The van der Waals surface area contributed by atoms with Gasteiger partial charge in [-0.2, -0.15) is 0 Å². The first-order valence-corrected chi connectivity index (χ1v) is 9.64. The third-order valence-corrected chi connectivity index (χ3v) is 6.51. The van der Waals surface area contributed by atoms with E-state index in [1.165, 1.54) is 0 Å². The topological polar surface area (TPSA) is 53.4 Å². The van der Waals surface area contributed by atoms with Gasteiger partial charge in [0.05, 0.1) is 5.92 Å². The van der Waals surface area contributed by atoms with Crippen LogP contribution in [0.15, 0.2) is 42.6 Å². The Balaban J connectivity index is 1.44. The molecular formula is C22H24F2N2O2. The number of piperidine rings is 1. The zero-order valence-corrected chi connectivity index (χ0v) is 16.0. The Morgan fingerprint density at radius 1 is 1.14 bits per heavy atom. The normalized spacial score (nSPS) is 26.9. The molecule has 2 aromatic rings. The molecule has 28 heavy (non-hydrogen) atoms. The number of pyridine rings is 1. The lowest BCUT2D eigenvalue weighted by atomic mass is 9.88. The van der Waals surface area contributed by atoms with Gasteiger partial charge in [-0.3, -0.25) is 4.79 Å². The smallest absolute Gasteiger partial charge is 0.316 e. The summed E-state index contributed by atoms with van der Waals surface area (Å²) in [4.78, 5) is 18.1. The number of halogens is 2. The number of rotatable bonds is 4. The molecule has 1 aromatic carbocycles. The van der Waals surface area contributed by atoms with Crippen molar-refractivity contribution >= 4 is 11.8 Å². The summed E-state index contributed by atoms with van der Waals surface area (Å²) < 4.78 is 28.2. The van der Waals surface area contributed by atoms with Crippen LogP contribution in [0, 0.1) is 12.3 Å². The molecule has 6 heteroatoms. The standard InChI is InChI=1S/C22H24F2N2O2/c1-14-4-3-11-25-19(14)26-12-9-16(10-13-26)15-5-7-17(8-6-15)18-21(2,20(27)28)22(18,23)24/h3-8,11,16,18H,9-10,12-13H2,1-2H3,(H,27,28). The molecule has 0 amide bonds. The maximum absolute atomic E-state index is 14.1. The lowest BCUT2D eigenvalue weighted by molar-refractivity contribution is -0.146. The van der Waals surface area contributed by atoms with Crippen LogP contribution in [0.25, 0.3) is 0 Å². The van der Waals surface area contributed by atoms with E-state index in [1.54, 1.807) is 12.1 Å². The Hall–Kier alpha value is -2.50. The number of aryl methyl sites for hydroxylation is 1. The van der Waals surface area contributed by atoms with Crippen molar-refractivity contribution in [3.05, 3.63) is 59.3 Å². The van der Waals surface area contributed by atoms with Crippen LogP contribution in [-0.4, -0.2) is 35.1 Å². The number of aliphatic carboxylic acids is 1. The van der Waals surface area contributed by atoms with E-state index in [0.29, 0.717) is 11.5 Å². The highest BCUT2D eigenvalue weighted by Gasteiger charge is 2.82. The molecule has 1 aromatic heterocycles. The third-order valence-electron chi connectivity index (χ3n) is 6.51. The molecule has 0 spiro atoms. The van der Waals surface area contributed by atoms with E-state index < -0.39 is 23.2 Å². The van der Waals surface area contributed by atoms with Crippen molar-refractivity contribution in [1.29, 1.82) is 0 Å². The minimum Gasteiger partial charge on any atom is -0.481 e. The Kier molecular flexibility index (Phi) is 4.40. The van der Waals surface area contributed by atoms with Crippen LogP contribution in [0.4, 0.5) is 14.6 Å². The molecular weight excluding hydrogens is 362 g/mol. The average molecular weight is 386 g/mol. The van der Waals surface area contributed by atoms with Crippen molar-refractivity contribution in [1.82, 2.24) is 4.98 Å². The summed E-state index contributed by atoms with van der Waals surface area (Å²) in [7, 11) is 0. The summed E-state index contributed by atoms with van der Waals surface area (Å²) >= 11 is 0.